The highest BCUT2D eigenvalue weighted by atomic mass is 16.1. The number of hydrogen-bond acceptors (Lipinski definition) is 3. The maximum absolute atomic E-state index is 10.9. The van der Waals surface area contributed by atoms with E-state index in [-0.39, 0.29) is 12.5 Å². The van der Waals surface area contributed by atoms with Gasteiger partial charge in [0.15, 0.2) is 0 Å². The summed E-state index contributed by atoms with van der Waals surface area (Å²) in [5, 5.41) is 2.66. The fraction of sp³-hybridized carbons (Fsp3) is 0.250. The van der Waals surface area contributed by atoms with E-state index in [0.29, 0.717) is 0 Å². The van der Waals surface area contributed by atoms with Crippen LogP contribution in [0.2, 0.25) is 0 Å². The summed E-state index contributed by atoms with van der Waals surface area (Å²) in [6.45, 7) is 1.88. The van der Waals surface area contributed by atoms with Crippen LogP contribution in [0.5, 0.6) is 0 Å². The van der Waals surface area contributed by atoms with Crippen molar-refractivity contribution in [3.05, 3.63) is 24.0 Å². The van der Waals surface area contributed by atoms with Gasteiger partial charge in [0.05, 0.1) is 6.54 Å². The first-order chi connectivity index (χ1) is 5.74. The number of hydrogen-bond donors (Lipinski definition) is 2. The minimum absolute atomic E-state index is 0.00175. The summed E-state index contributed by atoms with van der Waals surface area (Å²) in [6.07, 6.45) is 3.31. The molecule has 4 heteroatoms. The molecule has 1 amide bonds. The van der Waals surface area contributed by atoms with Crippen LogP contribution in [-0.4, -0.2) is 17.4 Å². The third-order valence-corrected chi connectivity index (χ3v) is 1.48. The predicted molar refractivity (Wildman–Crippen MR) is 46.7 cm³/mol. The number of nitrogens with one attached hydrogen (secondary N) is 1. The number of aromatic nitrogens is 1. The molecule has 0 spiro atoms. The Hall–Kier alpha value is -1.42. The molecule has 1 aromatic heterocycles. The Balaban J connectivity index is 2.75. The SMILES string of the molecule is Cc1cnccc1NC(=O)CN. The standard InChI is InChI=1S/C8H11N3O/c1-6-5-10-3-2-7(6)11-8(12)4-9/h2-3,5H,4,9H2,1H3,(H,10,11,12). The lowest BCUT2D eigenvalue weighted by atomic mass is 10.2. The highest BCUT2D eigenvalue weighted by Gasteiger charge is 2.00. The van der Waals surface area contributed by atoms with E-state index >= 15 is 0 Å². The number of aryl methyl sites for hydroxylation is 1. The van der Waals surface area contributed by atoms with Crippen LogP contribution in [0.1, 0.15) is 5.56 Å². The first-order valence-electron chi connectivity index (χ1n) is 3.64. The number of nitrogens with two attached hydrogens (primary N) is 1. The maximum atomic E-state index is 10.9. The molecule has 3 N–H and O–H groups in total. The zero-order chi connectivity index (χ0) is 8.97. The molecule has 0 aliphatic rings. The zero-order valence-electron chi connectivity index (χ0n) is 6.87. The molecule has 0 unspecified atom stereocenters. The van der Waals surface area contributed by atoms with Crippen LogP contribution in [0.4, 0.5) is 5.69 Å². The summed E-state index contributed by atoms with van der Waals surface area (Å²) >= 11 is 0. The number of carbonyl (C=O) groups is 1. The zero-order valence-corrected chi connectivity index (χ0v) is 6.87. The molecule has 12 heavy (non-hydrogen) atoms. The van der Waals surface area contributed by atoms with Crippen LogP contribution in [0, 0.1) is 6.92 Å². The van der Waals surface area contributed by atoms with Gasteiger partial charge in [-0.3, -0.25) is 9.78 Å². The van der Waals surface area contributed by atoms with E-state index in [1.54, 1.807) is 18.5 Å². The van der Waals surface area contributed by atoms with Crippen molar-refractivity contribution in [2.24, 2.45) is 5.73 Å². The molecular formula is C8H11N3O. The molecule has 0 radical (unpaired) electrons. The van der Waals surface area contributed by atoms with Crippen molar-refractivity contribution >= 4 is 11.6 Å². The van der Waals surface area contributed by atoms with Gasteiger partial charge in [0.1, 0.15) is 0 Å². The third kappa shape index (κ3) is 2.03. The molecule has 1 heterocycles. The van der Waals surface area contributed by atoms with E-state index in [1.807, 2.05) is 6.92 Å². The Morgan fingerprint density at radius 3 is 3.08 bits per heavy atom. The van der Waals surface area contributed by atoms with E-state index in [4.69, 9.17) is 5.73 Å². The number of nitrogens with zero attached hydrogens (tertiary/aromatic N) is 1. The minimum Gasteiger partial charge on any atom is -0.325 e. The summed E-state index contributed by atoms with van der Waals surface area (Å²) in [5.41, 5.74) is 6.84. The van der Waals surface area contributed by atoms with Crippen molar-refractivity contribution in [3.8, 4) is 0 Å². The number of pyridine rings is 1. The van der Waals surface area contributed by atoms with Crippen molar-refractivity contribution in [1.82, 2.24) is 4.98 Å². The number of carbonyl (C=O) groups excluding carboxylic acids is 1. The second kappa shape index (κ2) is 3.82. The molecule has 1 aromatic rings. The number of rotatable bonds is 2. The van der Waals surface area contributed by atoms with Gasteiger partial charge in [-0.25, -0.2) is 0 Å². The van der Waals surface area contributed by atoms with Gasteiger partial charge in [0.25, 0.3) is 0 Å². The van der Waals surface area contributed by atoms with Crippen molar-refractivity contribution in [3.63, 3.8) is 0 Å². The maximum Gasteiger partial charge on any atom is 0.238 e. The lowest BCUT2D eigenvalue weighted by molar-refractivity contribution is -0.114. The molecule has 64 valence electrons. The molecule has 0 saturated heterocycles. The smallest absolute Gasteiger partial charge is 0.238 e. The molecule has 0 aliphatic heterocycles. The quantitative estimate of drug-likeness (QED) is 0.661. The molecule has 0 saturated carbocycles. The molecule has 0 aromatic carbocycles. The fourth-order valence-corrected chi connectivity index (χ4v) is 0.815. The second-order valence-electron chi connectivity index (χ2n) is 2.44. The van der Waals surface area contributed by atoms with E-state index in [2.05, 4.69) is 10.3 Å². The molecule has 4 nitrogen and oxygen atoms in total. The Labute approximate surface area is 70.8 Å². The summed E-state index contributed by atoms with van der Waals surface area (Å²) in [7, 11) is 0. The van der Waals surface area contributed by atoms with E-state index in [9.17, 15) is 4.79 Å². The topological polar surface area (TPSA) is 68.0 Å². The first-order valence-corrected chi connectivity index (χ1v) is 3.64. The van der Waals surface area contributed by atoms with Gasteiger partial charge in [0, 0.05) is 18.1 Å². The molecule has 0 aliphatic carbocycles. The van der Waals surface area contributed by atoms with Crippen molar-refractivity contribution < 1.29 is 4.79 Å². The van der Waals surface area contributed by atoms with Gasteiger partial charge in [-0.05, 0) is 18.6 Å². The Bertz CT molecular complexity index is 285. The lowest BCUT2D eigenvalue weighted by Crippen LogP contribution is -2.22. The van der Waals surface area contributed by atoms with E-state index in [0.717, 1.165) is 11.3 Å². The van der Waals surface area contributed by atoms with Gasteiger partial charge < -0.3 is 11.1 Å². The van der Waals surface area contributed by atoms with Gasteiger partial charge in [0.2, 0.25) is 5.91 Å². The van der Waals surface area contributed by atoms with Crippen molar-refractivity contribution in [2.75, 3.05) is 11.9 Å². The fourth-order valence-electron chi connectivity index (χ4n) is 0.815. The van der Waals surface area contributed by atoms with Crippen LogP contribution < -0.4 is 11.1 Å². The first kappa shape index (κ1) is 8.67. The van der Waals surface area contributed by atoms with Crippen LogP contribution in [0.15, 0.2) is 18.5 Å². The van der Waals surface area contributed by atoms with Crippen LogP contribution >= 0.6 is 0 Å². The monoisotopic (exact) mass is 165 g/mol. The summed E-state index contributed by atoms with van der Waals surface area (Å²) in [4.78, 5) is 14.8. The highest BCUT2D eigenvalue weighted by molar-refractivity contribution is 5.92. The number of amides is 1. The normalized spacial score (nSPS) is 9.50. The van der Waals surface area contributed by atoms with Gasteiger partial charge in [-0.1, -0.05) is 0 Å². The van der Waals surface area contributed by atoms with Crippen molar-refractivity contribution in [2.45, 2.75) is 6.92 Å². The van der Waals surface area contributed by atoms with Crippen molar-refractivity contribution in [1.29, 1.82) is 0 Å². The average molecular weight is 165 g/mol. The average Bonchev–Trinajstić information content (AvgIpc) is 2.09. The molecule has 1 rings (SSSR count). The predicted octanol–water partition coefficient (Wildman–Crippen LogP) is 0.287. The minimum atomic E-state index is -0.190. The van der Waals surface area contributed by atoms with Crippen LogP contribution in [0.25, 0.3) is 0 Å². The lowest BCUT2D eigenvalue weighted by Gasteiger charge is -2.05. The molecule has 0 bridgehead atoms. The Morgan fingerprint density at radius 1 is 1.75 bits per heavy atom. The van der Waals surface area contributed by atoms with E-state index < -0.39 is 0 Å². The summed E-state index contributed by atoms with van der Waals surface area (Å²) in [5.74, 6) is -0.190. The van der Waals surface area contributed by atoms with Gasteiger partial charge >= 0.3 is 0 Å². The molecule has 0 fully saturated rings. The van der Waals surface area contributed by atoms with Gasteiger partial charge in [-0.2, -0.15) is 0 Å². The summed E-state index contributed by atoms with van der Waals surface area (Å²) < 4.78 is 0. The summed E-state index contributed by atoms with van der Waals surface area (Å²) in [6, 6.07) is 1.74. The largest absolute Gasteiger partial charge is 0.325 e. The van der Waals surface area contributed by atoms with Crippen LogP contribution in [0.3, 0.4) is 0 Å². The molecular weight excluding hydrogens is 154 g/mol. The number of anilines is 1. The second-order valence-corrected chi connectivity index (χ2v) is 2.44. The van der Waals surface area contributed by atoms with Crippen LogP contribution in [-0.2, 0) is 4.79 Å². The van der Waals surface area contributed by atoms with E-state index in [1.165, 1.54) is 0 Å². The highest BCUT2D eigenvalue weighted by Crippen LogP contribution is 2.10. The van der Waals surface area contributed by atoms with Gasteiger partial charge in [-0.15, -0.1) is 0 Å². The molecule has 0 atom stereocenters. The third-order valence-electron chi connectivity index (χ3n) is 1.48. The Morgan fingerprint density at radius 2 is 2.50 bits per heavy atom. The Kier molecular flexibility index (Phi) is 2.76.